The van der Waals surface area contributed by atoms with E-state index in [0.29, 0.717) is 25.9 Å². The number of benzene rings is 1. The molecular weight excluding hydrogens is 380 g/mol. The van der Waals surface area contributed by atoms with Crippen molar-refractivity contribution in [2.45, 2.75) is 39.7 Å². The molecule has 1 aromatic carbocycles. The van der Waals surface area contributed by atoms with Crippen molar-refractivity contribution >= 4 is 29.2 Å². The largest absolute Gasteiger partial charge is 0.348 e. The second-order valence-corrected chi connectivity index (χ2v) is 9.65. The zero-order valence-electron chi connectivity index (χ0n) is 17.4. The predicted molar refractivity (Wildman–Crippen MR) is 119 cm³/mol. The maximum Gasteiger partial charge on any atom is 0.246 e. The first-order chi connectivity index (χ1) is 13.8. The van der Waals surface area contributed by atoms with E-state index in [4.69, 9.17) is 0 Å². The minimum atomic E-state index is -0.0561. The monoisotopic (exact) mass is 410 g/mol. The highest BCUT2D eigenvalue weighted by molar-refractivity contribution is 7.10. The van der Waals surface area contributed by atoms with Gasteiger partial charge in [-0.3, -0.25) is 9.59 Å². The molecule has 0 bridgehead atoms. The zero-order chi connectivity index (χ0) is 20.9. The lowest BCUT2D eigenvalue weighted by Gasteiger charge is -2.35. The molecule has 29 heavy (non-hydrogen) atoms. The van der Waals surface area contributed by atoms with E-state index in [0.717, 1.165) is 5.56 Å². The summed E-state index contributed by atoms with van der Waals surface area (Å²) in [6, 6.07) is 13.9. The number of hydrogen-bond donors (Lipinski definition) is 1. The summed E-state index contributed by atoms with van der Waals surface area (Å²) >= 11 is 1.68. The van der Waals surface area contributed by atoms with Gasteiger partial charge in [-0.15, -0.1) is 11.3 Å². The summed E-state index contributed by atoms with van der Waals surface area (Å²) in [6.07, 6.45) is 4.88. The van der Waals surface area contributed by atoms with Crippen LogP contribution >= 0.6 is 11.3 Å². The molecule has 2 amide bonds. The van der Waals surface area contributed by atoms with Gasteiger partial charge in [0, 0.05) is 30.0 Å². The fourth-order valence-electron chi connectivity index (χ4n) is 3.63. The fraction of sp³-hybridized carbons (Fsp3) is 0.417. The van der Waals surface area contributed by atoms with Gasteiger partial charge in [0.1, 0.15) is 0 Å². The molecule has 1 N–H and O–H groups in total. The number of thiophene rings is 1. The van der Waals surface area contributed by atoms with E-state index in [1.165, 1.54) is 4.88 Å². The molecule has 0 spiro atoms. The van der Waals surface area contributed by atoms with E-state index in [1.54, 1.807) is 17.4 Å². The third-order valence-corrected chi connectivity index (χ3v) is 6.31. The Hall–Kier alpha value is -2.40. The Balaban J connectivity index is 1.54. The minimum Gasteiger partial charge on any atom is -0.348 e. The van der Waals surface area contributed by atoms with Crippen molar-refractivity contribution in [2.24, 2.45) is 11.3 Å². The van der Waals surface area contributed by atoms with Gasteiger partial charge in [-0.05, 0) is 41.3 Å². The SMILES string of the molecule is CC(C)(C)C(NC(=O)C1CCN(C(=O)/C=C/c2ccccc2)CC1)c1cccs1. The molecule has 5 heteroatoms. The minimum absolute atomic E-state index is 0.00321. The summed E-state index contributed by atoms with van der Waals surface area (Å²) < 4.78 is 0. The highest BCUT2D eigenvalue weighted by Gasteiger charge is 2.32. The number of hydrogen-bond acceptors (Lipinski definition) is 3. The topological polar surface area (TPSA) is 49.4 Å². The van der Waals surface area contributed by atoms with Crippen LogP contribution in [0.2, 0.25) is 0 Å². The van der Waals surface area contributed by atoms with Gasteiger partial charge in [-0.1, -0.05) is 57.2 Å². The first-order valence-electron chi connectivity index (χ1n) is 10.2. The van der Waals surface area contributed by atoms with Crippen LogP contribution < -0.4 is 5.32 Å². The summed E-state index contributed by atoms with van der Waals surface area (Å²) in [7, 11) is 0. The van der Waals surface area contributed by atoms with Crippen molar-refractivity contribution in [1.29, 1.82) is 0 Å². The Bertz CT molecular complexity index is 830. The average Bonchev–Trinajstić information content (AvgIpc) is 3.24. The molecular formula is C24H30N2O2S. The molecule has 1 aliphatic rings. The highest BCUT2D eigenvalue weighted by atomic mass is 32.1. The second kappa shape index (κ2) is 9.40. The molecule has 1 atom stereocenters. The van der Waals surface area contributed by atoms with Crippen LogP contribution in [0.25, 0.3) is 6.08 Å². The van der Waals surface area contributed by atoms with Crippen LogP contribution in [0.4, 0.5) is 0 Å². The van der Waals surface area contributed by atoms with Crippen molar-refractivity contribution in [3.05, 3.63) is 64.4 Å². The number of piperidine rings is 1. The number of rotatable bonds is 5. The van der Waals surface area contributed by atoms with E-state index in [2.05, 4.69) is 32.2 Å². The number of amides is 2. The molecule has 1 aliphatic heterocycles. The molecule has 2 aromatic rings. The predicted octanol–water partition coefficient (Wildman–Crippen LogP) is 4.90. The van der Waals surface area contributed by atoms with Crippen molar-refractivity contribution in [3.8, 4) is 0 Å². The molecule has 3 rings (SSSR count). The smallest absolute Gasteiger partial charge is 0.246 e. The Labute approximate surface area is 177 Å². The number of nitrogens with zero attached hydrogens (tertiary/aromatic N) is 1. The van der Waals surface area contributed by atoms with Gasteiger partial charge in [0.05, 0.1) is 6.04 Å². The van der Waals surface area contributed by atoms with E-state index in [9.17, 15) is 9.59 Å². The lowest BCUT2D eigenvalue weighted by atomic mass is 9.85. The van der Waals surface area contributed by atoms with Crippen molar-refractivity contribution in [3.63, 3.8) is 0 Å². The first-order valence-corrected chi connectivity index (χ1v) is 11.1. The highest BCUT2D eigenvalue weighted by Crippen LogP contribution is 2.35. The lowest BCUT2D eigenvalue weighted by molar-refractivity contribution is -0.132. The van der Waals surface area contributed by atoms with Crippen molar-refractivity contribution in [1.82, 2.24) is 10.2 Å². The molecule has 0 radical (unpaired) electrons. The Kier molecular flexibility index (Phi) is 6.91. The summed E-state index contributed by atoms with van der Waals surface area (Å²) in [5, 5.41) is 5.32. The van der Waals surface area contributed by atoms with Crippen LogP contribution in [0.3, 0.4) is 0 Å². The van der Waals surface area contributed by atoms with Crippen LogP contribution in [0, 0.1) is 11.3 Å². The number of nitrogens with one attached hydrogen (secondary N) is 1. The molecule has 2 heterocycles. The van der Waals surface area contributed by atoms with Crippen molar-refractivity contribution in [2.75, 3.05) is 13.1 Å². The maximum atomic E-state index is 12.9. The van der Waals surface area contributed by atoms with E-state index >= 15 is 0 Å². The normalized spacial score (nSPS) is 16.7. The average molecular weight is 411 g/mol. The van der Waals surface area contributed by atoms with E-state index in [1.807, 2.05) is 52.8 Å². The molecule has 1 unspecified atom stereocenters. The molecule has 154 valence electrons. The standard InChI is InChI=1S/C24H30N2O2S/c1-24(2,3)22(20-10-7-17-29-20)25-23(28)19-13-15-26(16-14-19)21(27)12-11-18-8-5-4-6-9-18/h4-12,17,19,22H,13-16H2,1-3H3,(H,25,28)/b12-11+. The first kappa shape index (κ1) is 21.3. The van der Waals surface area contributed by atoms with Gasteiger partial charge in [0.2, 0.25) is 11.8 Å². The van der Waals surface area contributed by atoms with E-state index < -0.39 is 0 Å². The molecule has 1 fully saturated rings. The van der Waals surface area contributed by atoms with Gasteiger partial charge in [0.15, 0.2) is 0 Å². The summed E-state index contributed by atoms with van der Waals surface area (Å²) in [5.41, 5.74) is 0.955. The van der Waals surface area contributed by atoms with Crippen LogP contribution in [-0.2, 0) is 9.59 Å². The Morgan fingerprint density at radius 2 is 1.79 bits per heavy atom. The molecule has 4 nitrogen and oxygen atoms in total. The van der Waals surface area contributed by atoms with Crippen LogP contribution in [0.1, 0.15) is 50.1 Å². The van der Waals surface area contributed by atoms with Gasteiger partial charge >= 0.3 is 0 Å². The van der Waals surface area contributed by atoms with Gasteiger partial charge < -0.3 is 10.2 Å². The quantitative estimate of drug-likeness (QED) is 0.713. The number of carbonyl (C=O) groups excluding carboxylic acids is 2. The molecule has 1 saturated heterocycles. The Morgan fingerprint density at radius 1 is 1.10 bits per heavy atom. The summed E-state index contributed by atoms with van der Waals surface area (Å²) in [5.74, 6) is 0.0751. The molecule has 1 aromatic heterocycles. The molecule has 0 aliphatic carbocycles. The number of carbonyl (C=O) groups is 2. The fourth-order valence-corrected chi connectivity index (χ4v) is 4.65. The summed E-state index contributed by atoms with van der Waals surface area (Å²) in [4.78, 5) is 28.4. The van der Waals surface area contributed by atoms with Gasteiger partial charge in [0.25, 0.3) is 0 Å². The molecule has 0 saturated carbocycles. The van der Waals surface area contributed by atoms with E-state index in [-0.39, 0.29) is 29.2 Å². The van der Waals surface area contributed by atoms with Crippen LogP contribution in [-0.4, -0.2) is 29.8 Å². The maximum absolute atomic E-state index is 12.9. The second-order valence-electron chi connectivity index (χ2n) is 8.67. The van der Waals surface area contributed by atoms with Crippen molar-refractivity contribution < 1.29 is 9.59 Å². The van der Waals surface area contributed by atoms with Gasteiger partial charge in [-0.25, -0.2) is 0 Å². The number of likely N-dealkylation sites (tertiary alicyclic amines) is 1. The van der Waals surface area contributed by atoms with Gasteiger partial charge in [-0.2, -0.15) is 0 Å². The third kappa shape index (κ3) is 5.80. The zero-order valence-corrected chi connectivity index (χ0v) is 18.2. The third-order valence-electron chi connectivity index (χ3n) is 5.38. The van der Waals surface area contributed by atoms with Crippen LogP contribution in [0.15, 0.2) is 53.9 Å². The van der Waals surface area contributed by atoms with Crippen LogP contribution in [0.5, 0.6) is 0 Å². The summed E-state index contributed by atoms with van der Waals surface area (Å²) in [6.45, 7) is 7.69. The lowest BCUT2D eigenvalue weighted by Crippen LogP contribution is -2.45. The Morgan fingerprint density at radius 3 is 2.38 bits per heavy atom.